The maximum atomic E-state index is 11.1. The maximum absolute atomic E-state index is 11.1. The molecule has 0 fully saturated rings. The molecule has 0 bridgehead atoms. The maximum Gasteiger partial charge on any atom is 0.339 e. The van der Waals surface area contributed by atoms with Gasteiger partial charge < -0.3 is 10.4 Å². The highest BCUT2D eigenvalue weighted by atomic mass is 16.4. The zero-order valence-electron chi connectivity index (χ0n) is 10.00. The van der Waals surface area contributed by atoms with Crippen LogP contribution in [0.3, 0.4) is 0 Å². The largest absolute Gasteiger partial charge is 0.478 e. The highest BCUT2D eigenvalue weighted by Crippen LogP contribution is 2.20. The van der Waals surface area contributed by atoms with Gasteiger partial charge in [-0.2, -0.15) is 0 Å². The smallest absolute Gasteiger partial charge is 0.339 e. The number of nitrogens with zero attached hydrogens (tertiary/aromatic N) is 1. The minimum atomic E-state index is -0.981. The van der Waals surface area contributed by atoms with Crippen molar-refractivity contribution in [1.29, 1.82) is 0 Å². The summed E-state index contributed by atoms with van der Waals surface area (Å²) < 4.78 is 0. The van der Waals surface area contributed by atoms with Crippen molar-refractivity contribution in [2.45, 2.75) is 13.0 Å². The Morgan fingerprint density at radius 2 is 1.94 bits per heavy atom. The van der Waals surface area contributed by atoms with Crippen LogP contribution in [0.5, 0.6) is 0 Å². The zero-order chi connectivity index (χ0) is 13.0. The van der Waals surface area contributed by atoms with E-state index in [2.05, 4.69) is 10.3 Å². The Hall–Kier alpha value is -2.36. The molecule has 2 N–H and O–H groups in total. The Morgan fingerprint density at radius 1 is 1.22 bits per heavy atom. The lowest BCUT2D eigenvalue weighted by atomic mass is 10.1. The van der Waals surface area contributed by atoms with Crippen molar-refractivity contribution < 1.29 is 9.90 Å². The standard InChI is InChI=1S/C14H14N2O2/c1-10(11-6-3-2-4-7-11)16-13-12(14(17)18)8-5-9-15-13/h2-10H,1H3,(H,15,16)(H,17,18). The van der Waals surface area contributed by atoms with E-state index in [9.17, 15) is 4.79 Å². The molecule has 2 rings (SSSR count). The molecule has 1 atom stereocenters. The van der Waals surface area contributed by atoms with Gasteiger partial charge in [-0.05, 0) is 24.6 Å². The lowest BCUT2D eigenvalue weighted by Gasteiger charge is -2.16. The average Bonchev–Trinajstić information content (AvgIpc) is 2.40. The zero-order valence-corrected chi connectivity index (χ0v) is 10.00. The first kappa shape index (κ1) is 12.1. The predicted octanol–water partition coefficient (Wildman–Crippen LogP) is 2.95. The van der Waals surface area contributed by atoms with Gasteiger partial charge in [-0.1, -0.05) is 30.3 Å². The Balaban J connectivity index is 2.22. The van der Waals surface area contributed by atoms with Gasteiger partial charge in [-0.3, -0.25) is 0 Å². The fourth-order valence-corrected chi connectivity index (χ4v) is 1.72. The van der Waals surface area contributed by atoms with E-state index in [4.69, 9.17) is 5.11 Å². The number of carboxylic acids is 1. The SMILES string of the molecule is CC(Nc1ncccc1C(=O)O)c1ccccc1. The van der Waals surface area contributed by atoms with Crippen molar-refractivity contribution in [3.8, 4) is 0 Å². The lowest BCUT2D eigenvalue weighted by Crippen LogP contribution is -2.12. The molecule has 1 heterocycles. The van der Waals surface area contributed by atoms with Crippen LogP contribution in [0.4, 0.5) is 5.82 Å². The summed E-state index contributed by atoms with van der Waals surface area (Å²) in [6, 6.07) is 13.0. The molecule has 2 aromatic rings. The normalized spacial score (nSPS) is 11.8. The summed E-state index contributed by atoms with van der Waals surface area (Å²) in [5, 5.41) is 12.2. The highest BCUT2D eigenvalue weighted by molar-refractivity contribution is 5.93. The van der Waals surface area contributed by atoms with E-state index in [-0.39, 0.29) is 11.6 Å². The van der Waals surface area contributed by atoms with Crippen LogP contribution in [0.15, 0.2) is 48.7 Å². The Labute approximate surface area is 105 Å². The Morgan fingerprint density at radius 3 is 2.61 bits per heavy atom. The molecule has 0 saturated carbocycles. The van der Waals surface area contributed by atoms with Crippen molar-refractivity contribution in [3.63, 3.8) is 0 Å². The summed E-state index contributed by atoms with van der Waals surface area (Å²) in [6.07, 6.45) is 1.58. The third-order valence-corrected chi connectivity index (χ3v) is 2.69. The van der Waals surface area contributed by atoms with Crippen LogP contribution in [-0.4, -0.2) is 16.1 Å². The van der Waals surface area contributed by atoms with E-state index in [0.717, 1.165) is 5.56 Å². The number of rotatable bonds is 4. The van der Waals surface area contributed by atoms with Crippen LogP contribution in [0.25, 0.3) is 0 Å². The molecule has 0 aliphatic rings. The van der Waals surface area contributed by atoms with Gasteiger partial charge in [0.15, 0.2) is 0 Å². The monoisotopic (exact) mass is 242 g/mol. The minimum absolute atomic E-state index is 0.000741. The molecule has 1 unspecified atom stereocenters. The molecule has 4 nitrogen and oxygen atoms in total. The fraction of sp³-hybridized carbons (Fsp3) is 0.143. The summed E-state index contributed by atoms with van der Waals surface area (Å²) in [5.41, 5.74) is 1.26. The number of pyridine rings is 1. The number of benzene rings is 1. The summed E-state index contributed by atoms with van der Waals surface area (Å²) in [7, 11) is 0. The number of anilines is 1. The first-order chi connectivity index (χ1) is 8.68. The van der Waals surface area contributed by atoms with Crippen LogP contribution in [-0.2, 0) is 0 Å². The molecule has 92 valence electrons. The molecule has 0 aliphatic heterocycles. The second-order valence-corrected chi connectivity index (χ2v) is 3.98. The molecule has 0 aliphatic carbocycles. The molecule has 4 heteroatoms. The quantitative estimate of drug-likeness (QED) is 0.865. The second-order valence-electron chi connectivity index (χ2n) is 3.98. The van der Waals surface area contributed by atoms with E-state index in [1.807, 2.05) is 37.3 Å². The first-order valence-electron chi connectivity index (χ1n) is 5.68. The molecule has 18 heavy (non-hydrogen) atoms. The van der Waals surface area contributed by atoms with Crippen LogP contribution in [0, 0.1) is 0 Å². The Kier molecular flexibility index (Phi) is 3.57. The van der Waals surface area contributed by atoms with Gasteiger partial charge >= 0.3 is 5.97 Å². The highest BCUT2D eigenvalue weighted by Gasteiger charge is 2.13. The summed E-state index contributed by atoms with van der Waals surface area (Å²) in [6.45, 7) is 1.97. The number of carbonyl (C=O) groups is 1. The van der Waals surface area contributed by atoms with Crippen molar-refractivity contribution in [1.82, 2.24) is 4.98 Å². The number of nitrogens with one attached hydrogen (secondary N) is 1. The Bertz CT molecular complexity index is 541. The van der Waals surface area contributed by atoms with Gasteiger partial charge in [0.05, 0.1) is 0 Å². The van der Waals surface area contributed by atoms with Crippen LogP contribution >= 0.6 is 0 Å². The third-order valence-electron chi connectivity index (χ3n) is 2.69. The first-order valence-corrected chi connectivity index (χ1v) is 5.68. The molecule has 0 spiro atoms. The van der Waals surface area contributed by atoms with E-state index in [0.29, 0.717) is 5.82 Å². The predicted molar refractivity (Wildman–Crippen MR) is 69.7 cm³/mol. The lowest BCUT2D eigenvalue weighted by molar-refractivity contribution is 0.0697. The molecule has 0 amide bonds. The molecule has 0 radical (unpaired) electrons. The van der Waals surface area contributed by atoms with E-state index < -0.39 is 5.97 Å². The van der Waals surface area contributed by atoms with Gasteiger partial charge in [0, 0.05) is 12.2 Å². The molecule has 1 aromatic carbocycles. The van der Waals surface area contributed by atoms with Gasteiger partial charge in [-0.15, -0.1) is 0 Å². The van der Waals surface area contributed by atoms with Gasteiger partial charge in [0.25, 0.3) is 0 Å². The van der Waals surface area contributed by atoms with E-state index in [1.54, 1.807) is 12.3 Å². The van der Waals surface area contributed by atoms with Crippen molar-refractivity contribution >= 4 is 11.8 Å². The van der Waals surface area contributed by atoms with Crippen molar-refractivity contribution in [2.24, 2.45) is 0 Å². The fourth-order valence-electron chi connectivity index (χ4n) is 1.72. The molecular weight excluding hydrogens is 228 g/mol. The molecular formula is C14H14N2O2. The molecule has 1 aromatic heterocycles. The number of aromatic nitrogens is 1. The topological polar surface area (TPSA) is 62.2 Å². The van der Waals surface area contributed by atoms with Gasteiger partial charge in [-0.25, -0.2) is 9.78 Å². The molecule has 0 saturated heterocycles. The van der Waals surface area contributed by atoms with E-state index in [1.165, 1.54) is 6.07 Å². The van der Waals surface area contributed by atoms with Crippen LogP contribution < -0.4 is 5.32 Å². The van der Waals surface area contributed by atoms with Crippen LogP contribution in [0.2, 0.25) is 0 Å². The van der Waals surface area contributed by atoms with Gasteiger partial charge in [0.1, 0.15) is 11.4 Å². The number of carboxylic acid groups (broad SMARTS) is 1. The summed E-state index contributed by atoms with van der Waals surface area (Å²) in [4.78, 5) is 15.1. The van der Waals surface area contributed by atoms with Gasteiger partial charge in [0.2, 0.25) is 0 Å². The van der Waals surface area contributed by atoms with Crippen molar-refractivity contribution in [2.75, 3.05) is 5.32 Å². The number of hydrogen-bond acceptors (Lipinski definition) is 3. The van der Waals surface area contributed by atoms with Crippen molar-refractivity contribution in [3.05, 3.63) is 59.8 Å². The second kappa shape index (κ2) is 5.31. The average molecular weight is 242 g/mol. The third kappa shape index (κ3) is 2.66. The summed E-state index contributed by atoms with van der Waals surface area (Å²) >= 11 is 0. The minimum Gasteiger partial charge on any atom is -0.478 e. The number of aromatic carboxylic acids is 1. The number of hydrogen-bond donors (Lipinski definition) is 2. The summed E-state index contributed by atoms with van der Waals surface area (Å²) in [5.74, 6) is -0.591. The van der Waals surface area contributed by atoms with Crippen LogP contribution in [0.1, 0.15) is 28.9 Å². The van der Waals surface area contributed by atoms with E-state index >= 15 is 0 Å².